The first kappa shape index (κ1) is 21.0. The summed E-state index contributed by atoms with van der Waals surface area (Å²) in [7, 11) is 0. The summed E-state index contributed by atoms with van der Waals surface area (Å²) in [5.41, 5.74) is 6.35. The van der Waals surface area contributed by atoms with Crippen LogP contribution in [0.15, 0.2) is 79.3 Å². The fraction of sp³-hybridized carbons (Fsp3) is 0.160. The molecule has 3 nitrogen and oxygen atoms in total. The maximum absolute atomic E-state index is 4.54. The minimum absolute atomic E-state index is 0. The Morgan fingerprint density at radius 1 is 0.690 bits per heavy atom. The van der Waals surface area contributed by atoms with Crippen molar-refractivity contribution >= 4 is 0 Å². The Labute approximate surface area is 185 Å². The molecular formula is C25H22IrN3-. The molecule has 2 heterocycles. The van der Waals surface area contributed by atoms with E-state index < -0.39 is 0 Å². The number of benzene rings is 2. The first-order valence-electron chi connectivity index (χ1n) is 9.37. The van der Waals surface area contributed by atoms with E-state index in [0.29, 0.717) is 5.82 Å². The summed E-state index contributed by atoms with van der Waals surface area (Å²) in [4.78, 5) is 13.6. The molecule has 0 unspecified atom stereocenters. The molecule has 0 spiro atoms. The monoisotopic (exact) mass is 557 g/mol. The van der Waals surface area contributed by atoms with Crippen LogP contribution in [0.5, 0.6) is 0 Å². The molecule has 1 radical (unpaired) electrons. The molecule has 0 bridgehead atoms. The van der Waals surface area contributed by atoms with E-state index in [1.165, 1.54) is 5.56 Å². The largest absolute Gasteiger partial charge is 0.304 e. The van der Waals surface area contributed by atoms with Crippen molar-refractivity contribution in [2.75, 3.05) is 0 Å². The van der Waals surface area contributed by atoms with Crippen molar-refractivity contribution in [3.8, 4) is 33.8 Å². The Morgan fingerprint density at radius 2 is 1.34 bits per heavy atom. The summed E-state index contributed by atoms with van der Waals surface area (Å²) < 4.78 is 0. The van der Waals surface area contributed by atoms with E-state index in [0.717, 1.165) is 27.9 Å². The van der Waals surface area contributed by atoms with Gasteiger partial charge in [-0.25, -0.2) is 9.97 Å². The maximum atomic E-state index is 4.54. The second-order valence-electron chi connectivity index (χ2n) is 7.83. The Kier molecular flexibility index (Phi) is 6.36. The minimum Gasteiger partial charge on any atom is -0.304 e. The number of hydrogen-bond acceptors (Lipinski definition) is 3. The third kappa shape index (κ3) is 4.84. The molecule has 0 fully saturated rings. The molecule has 2 aromatic carbocycles. The van der Waals surface area contributed by atoms with Crippen LogP contribution in [0.2, 0.25) is 0 Å². The van der Waals surface area contributed by atoms with Crippen molar-refractivity contribution in [1.29, 1.82) is 0 Å². The molecule has 4 rings (SSSR count). The van der Waals surface area contributed by atoms with Gasteiger partial charge < -0.3 is 4.98 Å². The van der Waals surface area contributed by atoms with Crippen molar-refractivity contribution in [1.82, 2.24) is 15.0 Å². The first-order chi connectivity index (χ1) is 13.5. The van der Waals surface area contributed by atoms with Crippen molar-refractivity contribution in [3.05, 3.63) is 90.9 Å². The van der Waals surface area contributed by atoms with E-state index in [1.807, 2.05) is 55.0 Å². The summed E-state index contributed by atoms with van der Waals surface area (Å²) >= 11 is 0. The molecule has 0 saturated carbocycles. The standard InChI is InChI=1S/C25H22N3.Ir/c1-25(2,3)22-12-9-18(10-13-22)21-16-27-24(28-17-21)20-11-14-23(26-15-20)19-7-5-4-6-8-19;/h4-7,9-17H,1-3H3;/q-1;. The van der Waals surface area contributed by atoms with E-state index in [4.69, 9.17) is 0 Å². The summed E-state index contributed by atoms with van der Waals surface area (Å²) in [6.45, 7) is 6.65. The molecule has 147 valence electrons. The van der Waals surface area contributed by atoms with Crippen LogP contribution in [-0.4, -0.2) is 15.0 Å². The van der Waals surface area contributed by atoms with E-state index in [2.05, 4.69) is 66.1 Å². The first-order valence-corrected chi connectivity index (χ1v) is 9.37. The predicted octanol–water partition coefficient (Wildman–Crippen LogP) is 5.97. The smallest absolute Gasteiger partial charge is 0.160 e. The molecule has 2 aromatic heterocycles. The summed E-state index contributed by atoms with van der Waals surface area (Å²) in [5, 5.41) is 0. The average Bonchev–Trinajstić information content (AvgIpc) is 2.74. The quantitative estimate of drug-likeness (QED) is 0.292. The van der Waals surface area contributed by atoms with Gasteiger partial charge in [0.2, 0.25) is 0 Å². The number of nitrogens with zero attached hydrogens (tertiary/aromatic N) is 3. The van der Waals surface area contributed by atoms with E-state index in [1.54, 1.807) is 0 Å². The van der Waals surface area contributed by atoms with Crippen LogP contribution >= 0.6 is 0 Å². The van der Waals surface area contributed by atoms with Gasteiger partial charge in [0.05, 0.1) is 0 Å². The summed E-state index contributed by atoms with van der Waals surface area (Å²) in [6.07, 6.45) is 5.55. The number of rotatable bonds is 3. The molecule has 0 atom stereocenters. The van der Waals surface area contributed by atoms with Gasteiger partial charge in [0, 0.05) is 49.8 Å². The fourth-order valence-corrected chi connectivity index (χ4v) is 3.03. The van der Waals surface area contributed by atoms with Gasteiger partial charge in [0.15, 0.2) is 5.82 Å². The van der Waals surface area contributed by atoms with Gasteiger partial charge in [-0.2, -0.15) is 0 Å². The third-order valence-electron chi connectivity index (χ3n) is 4.74. The summed E-state index contributed by atoms with van der Waals surface area (Å²) in [5.74, 6) is 0.672. The Hall–Kier alpha value is -2.68. The Bertz CT molecular complexity index is 1050. The Balaban J connectivity index is 0.00000240. The minimum atomic E-state index is 0. The van der Waals surface area contributed by atoms with Crippen molar-refractivity contribution < 1.29 is 20.1 Å². The molecule has 29 heavy (non-hydrogen) atoms. The van der Waals surface area contributed by atoms with Gasteiger partial charge in [-0.05, 0) is 22.2 Å². The normalized spacial score (nSPS) is 11.0. The summed E-state index contributed by atoms with van der Waals surface area (Å²) in [6, 6.07) is 23.6. The van der Waals surface area contributed by atoms with Crippen LogP contribution in [0.4, 0.5) is 0 Å². The van der Waals surface area contributed by atoms with Crippen LogP contribution in [0.3, 0.4) is 0 Å². The SMILES string of the molecule is CC(C)(C)c1ccc(-c2cnc(-c3ccc(-c4[c-]cccc4)nc3)nc2)cc1.[Ir]. The Morgan fingerprint density at radius 3 is 1.90 bits per heavy atom. The van der Waals surface area contributed by atoms with Gasteiger partial charge >= 0.3 is 0 Å². The van der Waals surface area contributed by atoms with Gasteiger partial charge in [-0.15, -0.1) is 35.9 Å². The van der Waals surface area contributed by atoms with Crippen molar-refractivity contribution in [2.24, 2.45) is 0 Å². The molecular weight excluding hydrogens is 535 g/mol. The molecule has 0 N–H and O–H groups in total. The second-order valence-corrected chi connectivity index (χ2v) is 7.83. The molecule has 0 aliphatic heterocycles. The fourth-order valence-electron chi connectivity index (χ4n) is 3.03. The van der Waals surface area contributed by atoms with Gasteiger partial charge in [0.1, 0.15) is 0 Å². The number of aromatic nitrogens is 3. The van der Waals surface area contributed by atoms with E-state index in [-0.39, 0.29) is 25.5 Å². The molecule has 0 aliphatic carbocycles. The van der Waals surface area contributed by atoms with Crippen LogP contribution < -0.4 is 0 Å². The van der Waals surface area contributed by atoms with Crippen LogP contribution in [-0.2, 0) is 25.5 Å². The topological polar surface area (TPSA) is 38.7 Å². The zero-order chi connectivity index (χ0) is 19.6. The van der Waals surface area contributed by atoms with Gasteiger partial charge in [0.25, 0.3) is 0 Å². The second kappa shape index (κ2) is 8.77. The molecule has 4 heteroatoms. The number of pyridine rings is 1. The van der Waals surface area contributed by atoms with Gasteiger partial charge in [-0.1, -0.05) is 57.2 Å². The molecule has 0 amide bonds. The van der Waals surface area contributed by atoms with Crippen molar-refractivity contribution in [2.45, 2.75) is 26.2 Å². The average molecular weight is 557 g/mol. The molecule has 4 aromatic rings. The number of hydrogen-bond donors (Lipinski definition) is 0. The predicted molar refractivity (Wildman–Crippen MR) is 114 cm³/mol. The molecule has 0 aliphatic rings. The van der Waals surface area contributed by atoms with E-state index >= 15 is 0 Å². The van der Waals surface area contributed by atoms with Crippen LogP contribution in [0, 0.1) is 6.07 Å². The third-order valence-corrected chi connectivity index (χ3v) is 4.74. The van der Waals surface area contributed by atoms with E-state index in [9.17, 15) is 0 Å². The van der Waals surface area contributed by atoms with Crippen LogP contribution in [0.1, 0.15) is 26.3 Å². The zero-order valence-corrected chi connectivity index (χ0v) is 19.1. The molecule has 0 saturated heterocycles. The van der Waals surface area contributed by atoms with Gasteiger partial charge in [-0.3, -0.25) is 0 Å². The zero-order valence-electron chi connectivity index (χ0n) is 16.7. The van der Waals surface area contributed by atoms with Crippen LogP contribution in [0.25, 0.3) is 33.8 Å². The maximum Gasteiger partial charge on any atom is 0.160 e. The van der Waals surface area contributed by atoms with Crippen molar-refractivity contribution in [3.63, 3.8) is 0 Å².